The summed E-state index contributed by atoms with van der Waals surface area (Å²) in [6, 6.07) is 11.5. The lowest BCUT2D eigenvalue weighted by molar-refractivity contribution is 0.0218. The summed E-state index contributed by atoms with van der Waals surface area (Å²) in [6.07, 6.45) is 1.06. The van der Waals surface area contributed by atoms with Gasteiger partial charge in [0.25, 0.3) is 0 Å². The van der Waals surface area contributed by atoms with Crippen LogP contribution < -0.4 is 5.19 Å². The summed E-state index contributed by atoms with van der Waals surface area (Å²) < 4.78 is 13.1. The average Bonchev–Trinajstić information content (AvgIpc) is 2.26. The number of benzene rings is 1. The van der Waals surface area contributed by atoms with E-state index in [1.54, 1.807) is 0 Å². The second-order valence-corrected chi connectivity index (χ2v) is 10.3. The van der Waals surface area contributed by atoms with Crippen LogP contribution in [0.4, 0.5) is 0 Å². The topological polar surface area (TPSA) is 18.5 Å². The van der Waals surface area contributed by atoms with Crippen molar-refractivity contribution >= 4 is 13.7 Å². The Morgan fingerprint density at radius 2 is 1.30 bits per heavy atom. The highest BCUT2D eigenvalue weighted by atomic mass is 28.4. The highest BCUT2D eigenvalue weighted by Gasteiger charge is 2.45. The molecule has 0 N–H and O–H groups in total. The lowest BCUT2D eigenvalue weighted by Crippen LogP contribution is -2.60. The third-order valence-corrected chi connectivity index (χ3v) is 6.99. The van der Waals surface area contributed by atoms with E-state index >= 15 is 0 Å². The van der Waals surface area contributed by atoms with Crippen LogP contribution in [0.15, 0.2) is 30.3 Å². The lowest BCUT2D eigenvalue weighted by atomic mass is 10.2. The smallest absolute Gasteiger partial charge is 0.373 e. The molecule has 1 rings (SSSR count). The summed E-state index contributed by atoms with van der Waals surface area (Å²) in [5.74, 6) is 0. The maximum atomic E-state index is 6.54. The second-order valence-electron chi connectivity index (χ2n) is 7.30. The first-order valence-corrected chi connectivity index (χ1v) is 9.56. The van der Waals surface area contributed by atoms with Gasteiger partial charge < -0.3 is 8.85 Å². The predicted molar refractivity (Wildman–Crippen MR) is 88.6 cm³/mol. The minimum Gasteiger partial charge on any atom is -0.386 e. The summed E-state index contributed by atoms with van der Waals surface area (Å²) in [5.41, 5.74) is -0.412. The summed E-state index contributed by atoms with van der Waals surface area (Å²) in [7, 11) is -2.44. The molecule has 0 radical (unpaired) electrons. The van der Waals surface area contributed by atoms with Crippen LogP contribution in [-0.4, -0.2) is 19.8 Å². The van der Waals surface area contributed by atoms with E-state index in [0.717, 1.165) is 12.5 Å². The quantitative estimate of drug-likeness (QED) is 0.751. The van der Waals surface area contributed by atoms with Gasteiger partial charge in [0.2, 0.25) is 0 Å². The van der Waals surface area contributed by atoms with Crippen LogP contribution in [0.5, 0.6) is 0 Å². The van der Waals surface area contributed by atoms with Crippen molar-refractivity contribution < 1.29 is 8.85 Å². The fourth-order valence-corrected chi connectivity index (χ4v) is 6.50. The molecule has 114 valence electrons. The molecule has 0 unspecified atom stereocenters. The molecule has 0 fully saturated rings. The molecule has 20 heavy (non-hydrogen) atoms. The van der Waals surface area contributed by atoms with Crippen molar-refractivity contribution in [3.63, 3.8) is 0 Å². The van der Waals surface area contributed by atoms with Crippen molar-refractivity contribution in [1.82, 2.24) is 0 Å². The Hall–Kier alpha value is -0.643. The molecule has 0 atom stereocenters. The highest BCUT2D eigenvalue weighted by molar-refractivity contribution is 6.81. The summed E-state index contributed by atoms with van der Waals surface area (Å²) >= 11 is 0. The van der Waals surface area contributed by atoms with E-state index in [0.29, 0.717) is 0 Å². The van der Waals surface area contributed by atoms with Crippen molar-refractivity contribution in [3.05, 3.63) is 30.3 Å². The zero-order chi connectivity index (χ0) is 15.4. The first-order chi connectivity index (χ1) is 9.08. The molecule has 0 saturated heterocycles. The second kappa shape index (κ2) is 6.42. The maximum absolute atomic E-state index is 6.54. The van der Waals surface area contributed by atoms with Crippen molar-refractivity contribution in [2.24, 2.45) is 0 Å². The molecule has 3 heteroatoms. The lowest BCUT2D eigenvalue weighted by Gasteiger charge is -2.41. The van der Waals surface area contributed by atoms with Crippen LogP contribution in [0.2, 0.25) is 6.04 Å². The minimum atomic E-state index is -2.44. The first-order valence-electron chi connectivity index (χ1n) is 7.54. The van der Waals surface area contributed by atoms with Crippen LogP contribution >= 0.6 is 0 Å². The van der Waals surface area contributed by atoms with E-state index in [1.807, 2.05) is 6.07 Å². The Kier molecular flexibility index (Phi) is 5.59. The molecule has 0 bridgehead atoms. The Bertz CT molecular complexity index is 385. The molecule has 0 aliphatic rings. The molecule has 1 aromatic carbocycles. The van der Waals surface area contributed by atoms with Crippen molar-refractivity contribution in [1.29, 1.82) is 0 Å². The molecular weight excluding hydrogens is 264 g/mol. The number of hydrogen-bond donors (Lipinski definition) is 0. The van der Waals surface area contributed by atoms with Gasteiger partial charge in [0.15, 0.2) is 0 Å². The fraction of sp³-hybridized carbons (Fsp3) is 0.647. The molecule has 0 aliphatic heterocycles. The van der Waals surface area contributed by atoms with Gasteiger partial charge in [0.05, 0.1) is 11.2 Å². The summed E-state index contributed by atoms with van der Waals surface area (Å²) in [5, 5.41) is 1.23. The Morgan fingerprint density at radius 1 is 0.850 bits per heavy atom. The molecule has 0 saturated carbocycles. The molecule has 0 amide bonds. The predicted octanol–water partition coefficient (Wildman–Crippen LogP) is 4.38. The Balaban J connectivity index is 3.26. The van der Waals surface area contributed by atoms with E-state index in [1.165, 1.54) is 5.19 Å². The Labute approximate surface area is 125 Å². The summed E-state index contributed by atoms with van der Waals surface area (Å²) in [6.45, 7) is 14.9. The van der Waals surface area contributed by atoms with Gasteiger partial charge >= 0.3 is 8.56 Å². The fourth-order valence-electron chi connectivity index (χ4n) is 2.40. The van der Waals surface area contributed by atoms with Crippen LogP contribution in [0, 0.1) is 0 Å². The molecular formula is C17H30O2Si. The van der Waals surface area contributed by atoms with E-state index in [-0.39, 0.29) is 11.2 Å². The molecule has 0 aromatic heterocycles. The van der Waals surface area contributed by atoms with Gasteiger partial charge in [-0.1, -0.05) is 43.7 Å². The van der Waals surface area contributed by atoms with Crippen LogP contribution in [0.1, 0.15) is 54.9 Å². The molecule has 0 spiro atoms. The van der Waals surface area contributed by atoms with Crippen LogP contribution in [0.25, 0.3) is 0 Å². The molecule has 2 nitrogen and oxygen atoms in total. The number of hydrogen-bond acceptors (Lipinski definition) is 2. The van der Waals surface area contributed by atoms with Crippen molar-refractivity contribution in [3.8, 4) is 0 Å². The van der Waals surface area contributed by atoms with Gasteiger partial charge in [0.1, 0.15) is 0 Å². The monoisotopic (exact) mass is 294 g/mol. The van der Waals surface area contributed by atoms with Crippen molar-refractivity contribution in [2.75, 3.05) is 0 Å². The zero-order valence-corrected chi connectivity index (χ0v) is 15.1. The van der Waals surface area contributed by atoms with E-state index in [9.17, 15) is 0 Å². The van der Waals surface area contributed by atoms with Crippen LogP contribution in [0.3, 0.4) is 0 Å². The third-order valence-electron chi connectivity index (χ3n) is 2.73. The van der Waals surface area contributed by atoms with Crippen LogP contribution in [-0.2, 0) is 8.85 Å². The van der Waals surface area contributed by atoms with E-state index in [2.05, 4.69) is 72.7 Å². The van der Waals surface area contributed by atoms with Gasteiger partial charge in [0, 0.05) is 0 Å². The molecule has 1 aromatic rings. The molecule has 0 heterocycles. The molecule has 0 aliphatic carbocycles. The zero-order valence-electron chi connectivity index (χ0n) is 14.1. The Morgan fingerprint density at radius 3 is 1.65 bits per heavy atom. The maximum Gasteiger partial charge on any atom is 0.373 e. The minimum absolute atomic E-state index is 0.206. The standard InChI is InChI=1S/C17H30O2Si/c1-8-14-20(18-16(2,3)4,19-17(5,6)7)15-12-10-9-11-13-15/h9-13H,8,14H2,1-7H3. The normalized spacial score (nSPS) is 13.6. The van der Waals surface area contributed by atoms with Gasteiger partial charge in [-0.3, -0.25) is 0 Å². The van der Waals surface area contributed by atoms with Crippen molar-refractivity contribution in [2.45, 2.75) is 72.1 Å². The van der Waals surface area contributed by atoms with E-state index < -0.39 is 8.56 Å². The van der Waals surface area contributed by atoms with Gasteiger partial charge in [-0.05, 0) is 52.8 Å². The van der Waals surface area contributed by atoms with Gasteiger partial charge in [-0.2, -0.15) is 0 Å². The van der Waals surface area contributed by atoms with Gasteiger partial charge in [-0.15, -0.1) is 0 Å². The average molecular weight is 295 g/mol. The first kappa shape index (κ1) is 17.4. The SMILES string of the molecule is CCC[Si](OC(C)(C)C)(OC(C)(C)C)c1ccccc1. The highest BCUT2D eigenvalue weighted by Crippen LogP contribution is 2.27. The third kappa shape index (κ3) is 5.39. The largest absolute Gasteiger partial charge is 0.386 e. The van der Waals surface area contributed by atoms with E-state index in [4.69, 9.17) is 8.85 Å². The number of rotatable bonds is 5. The van der Waals surface area contributed by atoms with Gasteiger partial charge in [-0.25, -0.2) is 0 Å². The summed E-state index contributed by atoms with van der Waals surface area (Å²) in [4.78, 5) is 0.